The Kier molecular flexibility index (Phi) is 6.97. The quantitative estimate of drug-likeness (QED) is 0.157. The molecule has 0 saturated carbocycles. The molecule has 0 spiro atoms. The van der Waals surface area contributed by atoms with Crippen molar-refractivity contribution in [2.45, 2.75) is 76.8 Å². The lowest BCUT2D eigenvalue weighted by molar-refractivity contribution is -0.172. The number of aryl methyl sites for hydroxylation is 1. The topological polar surface area (TPSA) is 192 Å². The zero-order valence-electron chi connectivity index (χ0n) is 23.9. The van der Waals surface area contributed by atoms with E-state index in [9.17, 15) is 24.3 Å². The van der Waals surface area contributed by atoms with Crippen molar-refractivity contribution in [2.75, 3.05) is 6.54 Å². The van der Waals surface area contributed by atoms with E-state index in [2.05, 4.69) is 10.6 Å². The molecule has 0 fully saturated rings. The Balaban J connectivity index is 1.46. The number of esters is 1. The van der Waals surface area contributed by atoms with Crippen LogP contribution in [0, 0.1) is 12.7 Å². The molecule has 0 radical (unpaired) electrons. The summed E-state index contributed by atoms with van der Waals surface area (Å²) in [6.07, 6.45) is 1.76. The number of aliphatic hydroxyl groups is 1. The lowest BCUT2D eigenvalue weighted by Crippen LogP contribution is -2.44. The number of nitrogens with zero attached hydrogens (tertiary/aromatic N) is 2. The maximum Gasteiger partial charge on any atom is 0.343 e. The molecule has 2 aliphatic heterocycles. The Bertz CT molecular complexity index is 1790. The van der Waals surface area contributed by atoms with Crippen LogP contribution in [0.3, 0.4) is 0 Å². The third kappa shape index (κ3) is 4.45. The van der Waals surface area contributed by atoms with Gasteiger partial charge < -0.3 is 36.5 Å². The van der Waals surface area contributed by atoms with Crippen LogP contribution in [0.4, 0.5) is 9.18 Å². The second-order valence-corrected chi connectivity index (χ2v) is 11.5. The Morgan fingerprint density at radius 1 is 1.28 bits per heavy atom. The van der Waals surface area contributed by atoms with Gasteiger partial charge in [0.2, 0.25) is 5.91 Å². The van der Waals surface area contributed by atoms with Crippen molar-refractivity contribution in [3.05, 3.63) is 61.7 Å². The molecule has 3 amide bonds. The second-order valence-electron chi connectivity index (χ2n) is 11.5. The van der Waals surface area contributed by atoms with Crippen LogP contribution < -0.4 is 27.7 Å². The number of hydrogen-bond acceptors (Lipinski definition) is 8. The standard InChI is InChI=1S/C30H33FN6O6/c1-3-30(42)17-9-22-25-15(11-37(22)27(39)16(17)12-43-28(30)40)24-20(36-26(38)19(32)5-4-8-34-29(33)41)7-6-14-13(2)18(31)10-21(35-25)23(14)24/h9-10,19-20,42H,3-8,11-12,32H2,1-2H3,(H,36,38)(H3,33,34,41)/t19-,20-,30-/m0/s1. The van der Waals surface area contributed by atoms with Gasteiger partial charge in [-0.15, -0.1) is 0 Å². The van der Waals surface area contributed by atoms with Crippen LogP contribution in [0.5, 0.6) is 0 Å². The van der Waals surface area contributed by atoms with Crippen LogP contribution in [0.25, 0.3) is 22.3 Å². The Labute approximate surface area is 245 Å². The number of nitrogens with one attached hydrogen (secondary N) is 2. The number of hydrogen-bond donors (Lipinski definition) is 5. The van der Waals surface area contributed by atoms with Crippen LogP contribution in [-0.2, 0) is 39.5 Å². The number of halogens is 1. The van der Waals surface area contributed by atoms with Crippen LogP contribution in [-0.4, -0.2) is 45.2 Å². The van der Waals surface area contributed by atoms with E-state index in [4.69, 9.17) is 21.2 Å². The summed E-state index contributed by atoms with van der Waals surface area (Å²) in [4.78, 5) is 55.3. The fourth-order valence-corrected chi connectivity index (χ4v) is 6.64. The number of aromatic nitrogens is 2. The maximum absolute atomic E-state index is 15.1. The molecule has 7 N–H and O–H groups in total. The van der Waals surface area contributed by atoms with Gasteiger partial charge in [0.1, 0.15) is 12.4 Å². The van der Waals surface area contributed by atoms with Crippen LogP contribution >= 0.6 is 0 Å². The number of carbonyl (C=O) groups excluding carboxylic acids is 3. The van der Waals surface area contributed by atoms with Gasteiger partial charge in [0, 0.05) is 29.1 Å². The van der Waals surface area contributed by atoms with Crippen LogP contribution in [0.1, 0.15) is 72.0 Å². The molecule has 2 aromatic heterocycles. The smallest absolute Gasteiger partial charge is 0.343 e. The number of urea groups is 1. The summed E-state index contributed by atoms with van der Waals surface area (Å²) in [5.74, 6) is -1.60. The zero-order valence-corrected chi connectivity index (χ0v) is 23.9. The summed E-state index contributed by atoms with van der Waals surface area (Å²) in [5, 5.41) is 17.5. The average molecular weight is 593 g/mol. The van der Waals surface area contributed by atoms with Gasteiger partial charge in [-0.05, 0) is 61.8 Å². The van der Waals surface area contributed by atoms with Gasteiger partial charge in [-0.3, -0.25) is 9.59 Å². The molecule has 3 aromatic rings. The SMILES string of the molecule is CC[C@@]1(O)C(=O)OCc2c1cc1n(c2=O)Cc2c-1nc1cc(F)c(C)c3c1c2[C@@H](NC(=O)[C@@H](N)CCCNC(N)=O)CC3. The van der Waals surface area contributed by atoms with E-state index in [0.717, 1.165) is 16.5 Å². The summed E-state index contributed by atoms with van der Waals surface area (Å²) < 4.78 is 21.8. The molecule has 0 bridgehead atoms. The largest absolute Gasteiger partial charge is 0.458 e. The van der Waals surface area contributed by atoms with Gasteiger partial charge in [0.25, 0.3) is 5.56 Å². The third-order valence-electron chi connectivity index (χ3n) is 9.02. The summed E-state index contributed by atoms with van der Waals surface area (Å²) in [7, 11) is 0. The molecule has 0 unspecified atom stereocenters. The van der Waals surface area contributed by atoms with Gasteiger partial charge >= 0.3 is 12.0 Å². The molecule has 4 heterocycles. The molecule has 0 saturated heterocycles. The van der Waals surface area contributed by atoms with Crippen LogP contribution in [0.15, 0.2) is 16.9 Å². The monoisotopic (exact) mass is 592 g/mol. The van der Waals surface area contributed by atoms with Crippen molar-refractivity contribution >= 4 is 28.8 Å². The fraction of sp³-hybridized carbons (Fsp3) is 0.433. The van der Waals surface area contributed by atoms with Crippen molar-refractivity contribution in [2.24, 2.45) is 11.5 Å². The summed E-state index contributed by atoms with van der Waals surface area (Å²) >= 11 is 0. The first-order valence-corrected chi connectivity index (χ1v) is 14.4. The number of amides is 3. The highest BCUT2D eigenvalue weighted by Crippen LogP contribution is 2.45. The second kappa shape index (κ2) is 10.4. The molecular formula is C30H33FN6O6. The number of carbonyl (C=O) groups is 3. The lowest BCUT2D eigenvalue weighted by Gasteiger charge is -2.31. The normalized spacial score (nSPS) is 20.6. The third-order valence-corrected chi connectivity index (χ3v) is 9.02. The number of rotatable bonds is 7. The number of pyridine rings is 2. The fourth-order valence-electron chi connectivity index (χ4n) is 6.64. The minimum absolute atomic E-state index is 0.00574. The number of cyclic esters (lactones) is 1. The molecule has 1 aliphatic carbocycles. The van der Waals surface area contributed by atoms with E-state index in [1.165, 1.54) is 10.6 Å². The van der Waals surface area contributed by atoms with Crippen molar-refractivity contribution < 1.29 is 28.6 Å². The number of primary amides is 1. The number of fused-ring (bicyclic) bond motifs is 5. The predicted molar refractivity (Wildman–Crippen MR) is 153 cm³/mol. The Morgan fingerprint density at radius 3 is 2.77 bits per heavy atom. The highest BCUT2D eigenvalue weighted by atomic mass is 19.1. The molecule has 12 nitrogen and oxygen atoms in total. The predicted octanol–water partition coefficient (Wildman–Crippen LogP) is 1.41. The lowest BCUT2D eigenvalue weighted by atomic mass is 9.81. The van der Waals surface area contributed by atoms with Gasteiger partial charge in [0.15, 0.2) is 5.60 Å². The molecule has 43 heavy (non-hydrogen) atoms. The highest BCUT2D eigenvalue weighted by Gasteiger charge is 2.46. The minimum Gasteiger partial charge on any atom is -0.458 e. The van der Waals surface area contributed by atoms with Gasteiger partial charge in [-0.25, -0.2) is 19.0 Å². The Morgan fingerprint density at radius 2 is 2.05 bits per heavy atom. The van der Waals surface area contributed by atoms with E-state index >= 15 is 4.39 Å². The highest BCUT2D eigenvalue weighted by molar-refractivity contribution is 5.94. The molecule has 13 heteroatoms. The maximum atomic E-state index is 15.1. The van der Waals surface area contributed by atoms with Crippen molar-refractivity contribution in [3.8, 4) is 11.4 Å². The van der Waals surface area contributed by atoms with E-state index in [1.54, 1.807) is 19.9 Å². The first-order valence-electron chi connectivity index (χ1n) is 14.4. The number of benzene rings is 1. The average Bonchev–Trinajstić information content (AvgIpc) is 3.35. The van der Waals surface area contributed by atoms with Gasteiger partial charge in [0.05, 0.1) is 41.1 Å². The van der Waals surface area contributed by atoms with Gasteiger partial charge in [-0.1, -0.05) is 6.92 Å². The molecule has 1 aromatic carbocycles. The molecule has 3 aliphatic rings. The first-order chi connectivity index (χ1) is 20.5. The molecule has 6 rings (SSSR count). The van der Waals surface area contributed by atoms with Crippen molar-refractivity contribution in [1.82, 2.24) is 20.2 Å². The summed E-state index contributed by atoms with van der Waals surface area (Å²) in [6, 6.07) is 0.984. The van der Waals surface area contributed by atoms with E-state index in [0.29, 0.717) is 53.7 Å². The number of nitrogens with two attached hydrogens (primary N) is 2. The van der Waals surface area contributed by atoms with Crippen molar-refractivity contribution in [3.63, 3.8) is 0 Å². The summed E-state index contributed by atoms with van der Waals surface area (Å²) in [6.45, 7) is 3.52. The first kappa shape index (κ1) is 28.7. The van der Waals surface area contributed by atoms with E-state index in [-0.39, 0.29) is 43.2 Å². The minimum atomic E-state index is -1.98. The number of ether oxygens (including phenoxy) is 1. The molecule has 226 valence electrons. The van der Waals surface area contributed by atoms with E-state index in [1.807, 2.05) is 0 Å². The summed E-state index contributed by atoms with van der Waals surface area (Å²) in [5.41, 5.74) is 13.2. The molecular weight excluding hydrogens is 559 g/mol. The van der Waals surface area contributed by atoms with Gasteiger partial charge in [-0.2, -0.15) is 0 Å². The zero-order chi connectivity index (χ0) is 30.8. The Hall–Kier alpha value is -4.36. The van der Waals surface area contributed by atoms with Crippen molar-refractivity contribution in [1.29, 1.82) is 0 Å². The molecule has 3 atom stereocenters. The van der Waals surface area contributed by atoms with Crippen LogP contribution in [0.2, 0.25) is 0 Å². The van der Waals surface area contributed by atoms with E-state index < -0.39 is 41.1 Å².